The largest absolute Gasteiger partial charge is 0.411 e. The van der Waals surface area contributed by atoms with Gasteiger partial charge in [-0.1, -0.05) is 18.2 Å². The van der Waals surface area contributed by atoms with Crippen molar-refractivity contribution in [3.8, 4) is 0 Å². The van der Waals surface area contributed by atoms with Gasteiger partial charge >= 0.3 is 6.18 Å². The van der Waals surface area contributed by atoms with Gasteiger partial charge in [-0.15, -0.1) is 0 Å². The van der Waals surface area contributed by atoms with E-state index in [1.165, 1.54) is 0 Å². The number of benzene rings is 1. The normalized spacial score (nSPS) is 20.3. The standard InChI is InChI=1S/C12H14F3NO/c13-12(14,15)8-17-10-6-5-9-3-1-2-4-11(9)16-7-10/h1-4,10,16H,5-8H2. The second kappa shape index (κ2) is 4.96. The van der Waals surface area contributed by atoms with E-state index in [-0.39, 0.29) is 6.10 Å². The Morgan fingerprint density at radius 1 is 1.29 bits per heavy atom. The lowest BCUT2D eigenvalue weighted by Crippen LogP contribution is -2.27. The minimum absolute atomic E-state index is 0.385. The second-order valence-corrected chi connectivity index (χ2v) is 4.12. The highest BCUT2D eigenvalue weighted by molar-refractivity contribution is 5.51. The van der Waals surface area contributed by atoms with Gasteiger partial charge in [0.1, 0.15) is 6.61 Å². The Balaban J connectivity index is 1.91. The van der Waals surface area contributed by atoms with Gasteiger partial charge in [0.15, 0.2) is 0 Å². The van der Waals surface area contributed by atoms with Crippen LogP contribution in [0.15, 0.2) is 24.3 Å². The molecule has 1 heterocycles. The SMILES string of the molecule is FC(F)(F)COC1CCc2ccccc2NC1. The van der Waals surface area contributed by atoms with Crippen LogP contribution in [0, 0.1) is 0 Å². The van der Waals surface area contributed by atoms with Crippen molar-refractivity contribution in [2.75, 3.05) is 18.5 Å². The van der Waals surface area contributed by atoms with Gasteiger partial charge in [0.05, 0.1) is 6.10 Å². The van der Waals surface area contributed by atoms with E-state index in [2.05, 4.69) is 5.32 Å². The van der Waals surface area contributed by atoms with Crippen LogP contribution in [0.3, 0.4) is 0 Å². The molecule has 1 aromatic carbocycles. The van der Waals surface area contributed by atoms with Crippen molar-refractivity contribution in [3.63, 3.8) is 0 Å². The predicted octanol–water partition coefficient (Wildman–Crippen LogP) is 2.99. The maximum atomic E-state index is 12.0. The quantitative estimate of drug-likeness (QED) is 0.864. The van der Waals surface area contributed by atoms with Crippen LogP contribution in [0.4, 0.5) is 18.9 Å². The van der Waals surface area contributed by atoms with Crippen molar-refractivity contribution in [2.45, 2.75) is 25.1 Å². The summed E-state index contributed by atoms with van der Waals surface area (Å²) in [6.07, 6.45) is -3.28. The Morgan fingerprint density at radius 2 is 2.06 bits per heavy atom. The zero-order chi connectivity index (χ0) is 12.3. The summed E-state index contributed by atoms with van der Waals surface area (Å²) in [5.41, 5.74) is 2.12. The van der Waals surface area contributed by atoms with Gasteiger partial charge in [0.25, 0.3) is 0 Å². The molecule has 0 spiro atoms. The number of fused-ring (bicyclic) bond motifs is 1. The van der Waals surface area contributed by atoms with Crippen LogP contribution in [0.5, 0.6) is 0 Å². The molecule has 94 valence electrons. The van der Waals surface area contributed by atoms with E-state index >= 15 is 0 Å². The topological polar surface area (TPSA) is 21.3 Å². The van der Waals surface area contributed by atoms with Gasteiger partial charge in [-0.05, 0) is 24.5 Å². The molecular weight excluding hydrogens is 231 g/mol. The summed E-state index contributed by atoms with van der Waals surface area (Å²) >= 11 is 0. The number of hydrogen-bond donors (Lipinski definition) is 1. The van der Waals surface area contributed by atoms with Crippen LogP contribution in [-0.4, -0.2) is 25.4 Å². The molecule has 1 aliphatic rings. The minimum atomic E-state index is -4.25. The van der Waals surface area contributed by atoms with E-state index in [0.29, 0.717) is 13.0 Å². The van der Waals surface area contributed by atoms with Crippen LogP contribution in [-0.2, 0) is 11.2 Å². The number of nitrogens with one attached hydrogen (secondary N) is 1. The summed E-state index contributed by atoms with van der Waals surface area (Å²) in [7, 11) is 0. The first kappa shape index (κ1) is 12.2. The smallest absolute Gasteiger partial charge is 0.382 e. The molecule has 0 aromatic heterocycles. The maximum Gasteiger partial charge on any atom is 0.411 e. The molecule has 1 aliphatic heterocycles. The summed E-state index contributed by atoms with van der Waals surface area (Å²) in [5.74, 6) is 0. The fourth-order valence-electron chi connectivity index (χ4n) is 1.91. The third kappa shape index (κ3) is 3.63. The van der Waals surface area contributed by atoms with Gasteiger partial charge in [0, 0.05) is 12.2 Å². The molecule has 1 atom stereocenters. The Hall–Kier alpha value is -1.23. The van der Waals surface area contributed by atoms with Crippen LogP contribution in [0.2, 0.25) is 0 Å². The second-order valence-electron chi connectivity index (χ2n) is 4.12. The highest BCUT2D eigenvalue weighted by Crippen LogP contribution is 2.23. The van der Waals surface area contributed by atoms with E-state index in [1.807, 2.05) is 24.3 Å². The lowest BCUT2D eigenvalue weighted by Gasteiger charge is -2.17. The molecule has 0 saturated heterocycles. The first-order chi connectivity index (χ1) is 8.04. The predicted molar refractivity (Wildman–Crippen MR) is 59.0 cm³/mol. The highest BCUT2D eigenvalue weighted by Gasteiger charge is 2.29. The summed E-state index contributed by atoms with van der Waals surface area (Å²) in [5, 5.41) is 3.12. The maximum absolute atomic E-state index is 12.0. The number of aryl methyl sites for hydroxylation is 1. The van der Waals surface area contributed by atoms with Crippen LogP contribution in [0.1, 0.15) is 12.0 Å². The van der Waals surface area contributed by atoms with Crippen molar-refractivity contribution in [2.24, 2.45) is 0 Å². The van der Waals surface area contributed by atoms with Crippen LogP contribution >= 0.6 is 0 Å². The first-order valence-corrected chi connectivity index (χ1v) is 5.55. The fourth-order valence-corrected chi connectivity index (χ4v) is 1.91. The molecule has 1 aromatic rings. The third-order valence-electron chi connectivity index (χ3n) is 2.76. The molecular formula is C12H14F3NO. The first-order valence-electron chi connectivity index (χ1n) is 5.55. The number of halogens is 3. The molecule has 0 radical (unpaired) electrons. The van der Waals surface area contributed by atoms with Crippen molar-refractivity contribution < 1.29 is 17.9 Å². The highest BCUT2D eigenvalue weighted by atomic mass is 19.4. The Bertz CT molecular complexity index is 351. The number of anilines is 1. The van der Waals surface area contributed by atoms with E-state index in [0.717, 1.165) is 17.7 Å². The molecule has 0 bridgehead atoms. The van der Waals surface area contributed by atoms with Crippen molar-refractivity contribution in [1.82, 2.24) is 0 Å². The zero-order valence-corrected chi connectivity index (χ0v) is 9.26. The number of rotatable bonds is 2. The van der Waals surface area contributed by atoms with E-state index in [9.17, 15) is 13.2 Å². The summed E-state index contributed by atoms with van der Waals surface area (Å²) < 4.78 is 41.0. The van der Waals surface area contributed by atoms with E-state index in [1.54, 1.807) is 0 Å². The molecule has 5 heteroatoms. The molecule has 2 nitrogen and oxygen atoms in total. The molecule has 17 heavy (non-hydrogen) atoms. The summed E-state index contributed by atoms with van der Waals surface area (Å²) in [4.78, 5) is 0. The monoisotopic (exact) mass is 245 g/mol. The zero-order valence-electron chi connectivity index (χ0n) is 9.26. The molecule has 2 rings (SSSR count). The molecule has 1 N–H and O–H groups in total. The van der Waals surface area contributed by atoms with Gasteiger partial charge in [0.2, 0.25) is 0 Å². The molecule has 0 fully saturated rings. The van der Waals surface area contributed by atoms with Crippen molar-refractivity contribution in [1.29, 1.82) is 0 Å². The van der Waals surface area contributed by atoms with E-state index < -0.39 is 12.8 Å². The lowest BCUT2D eigenvalue weighted by atomic mass is 10.1. The number of alkyl halides is 3. The summed E-state index contributed by atoms with van der Waals surface area (Å²) in [6.45, 7) is -0.747. The molecule has 0 amide bonds. The molecule has 1 unspecified atom stereocenters. The number of para-hydroxylation sites is 1. The lowest BCUT2D eigenvalue weighted by molar-refractivity contribution is -0.184. The van der Waals surface area contributed by atoms with Crippen molar-refractivity contribution >= 4 is 5.69 Å². The summed E-state index contributed by atoms with van der Waals surface area (Å²) in [6, 6.07) is 7.75. The Kier molecular flexibility index (Phi) is 3.57. The third-order valence-corrected chi connectivity index (χ3v) is 2.76. The van der Waals surface area contributed by atoms with E-state index in [4.69, 9.17) is 4.74 Å². The fraction of sp³-hybridized carbons (Fsp3) is 0.500. The molecule has 0 aliphatic carbocycles. The minimum Gasteiger partial charge on any atom is -0.382 e. The number of ether oxygens (including phenoxy) is 1. The average Bonchev–Trinajstić information content (AvgIpc) is 2.48. The van der Waals surface area contributed by atoms with Crippen LogP contribution < -0.4 is 5.32 Å². The van der Waals surface area contributed by atoms with Gasteiger partial charge in [-0.3, -0.25) is 0 Å². The average molecular weight is 245 g/mol. The van der Waals surface area contributed by atoms with Crippen LogP contribution in [0.25, 0.3) is 0 Å². The van der Waals surface area contributed by atoms with Gasteiger partial charge < -0.3 is 10.1 Å². The van der Waals surface area contributed by atoms with Gasteiger partial charge in [-0.25, -0.2) is 0 Å². The van der Waals surface area contributed by atoms with Gasteiger partial charge in [-0.2, -0.15) is 13.2 Å². The van der Waals surface area contributed by atoms with Crippen molar-refractivity contribution in [3.05, 3.63) is 29.8 Å². The Labute approximate surface area is 97.8 Å². The molecule has 0 saturated carbocycles. The number of hydrogen-bond acceptors (Lipinski definition) is 2. The Morgan fingerprint density at radius 3 is 2.82 bits per heavy atom.